The summed E-state index contributed by atoms with van der Waals surface area (Å²) in [6.45, 7) is 14.9. The van der Waals surface area contributed by atoms with Crippen molar-refractivity contribution in [3.63, 3.8) is 0 Å². The van der Waals surface area contributed by atoms with Crippen LogP contribution in [0.4, 0.5) is 0 Å². The summed E-state index contributed by atoms with van der Waals surface area (Å²) < 4.78 is 1.19. The van der Waals surface area contributed by atoms with Crippen LogP contribution in [0.5, 0.6) is 0 Å². The quantitative estimate of drug-likeness (QED) is 0.0984. The molecule has 6 heteroatoms. The number of nitrogens with zero attached hydrogens (tertiary/aromatic N) is 2. The van der Waals surface area contributed by atoms with Crippen LogP contribution in [-0.4, -0.2) is 20.9 Å². The fourth-order valence-electron chi connectivity index (χ4n) is 6.54. The van der Waals surface area contributed by atoms with E-state index in [1.807, 2.05) is 40.0 Å². The van der Waals surface area contributed by atoms with Crippen molar-refractivity contribution in [2.24, 2.45) is 17.3 Å². The van der Waals surface area contributed by atoms with Crippen LogP contribution in [0.2, 0.25) is 0 Å². The summed E-state index contributed by atoms with van der Waals surface area (Å²) in [6, 6.07) is 16.9. The monoisotopic (exact) mass is 818 g/mol. The minimum atomic E-state index is 0. The summed E-state index contributed by atoms with van der Waals surface area (Å²) in [4.78, 5) is 21.5. The molecule has 2 aromatic heterocycles. The Kier molecular flexibility index (Phi) is 14.6. The minimum Gasteiger partial charge on any atom is -0.512 e. The number of thiazole rings is 1. The number of pyridine rings is 1. The van der Waals surface area contributed by atoms with Crippen molar-refractivity contribution in [3.8, 4) is 11.3 Å². The minimum absolute atomic E-state index is 0. The van der Waals surface area contributed by atoms with Crippen molar-refractivity contribution in [2.45, 2.75) is 119 Å². The summed E-state index contributed by atoms with van der Waals surface area (Å²) >= 11 is 1.80. The molecule has 1 radical (unpaired) electrons. The Morgan fingerprint density at radius 3 is 2.28 bits per heavy atom. The van der Waals surface area contributed by atoms with Crippen molar-refractivity contribution in [2.75, 3.05) is 0 Å². The van der Waals surface area contributed by atoms with E-state index in [4.69, 9.17) is 9.97 Å². The molecule has 46 heavy (non-hydrogen) atoms. The Morgan fingerprint density at radius 2 is 1.65 bits per heavy atom. The van der Waals surface area contributed by atoms with Gasteiger partial charge in [0.2, 0.25) is 0 Å². The first-order valence-electron chi connectivity index (χ1n) is 17.2. The molecular formula is C40H53IrN2O2S-. The van der Waals surface area contributed by atoms with Gasteiger partial charge in [0.1, 0.15) is 0 Å². The van der Waals surface area contributed by atoms with Gasteiger partial charge in [0.25, 0.3) is 0 Å². The maximum Gasteiger partial charge on any atom is 0.162 e. The van der Waals surface area contributed by atoms with Gasteiger partial charge in [-0.25, -0.2) is 4.98 Å². The van der Waals surface area contributed by atoms with E-state index in [9.17, 15) is 9.90 Å². The van der Waals surface area contributed by atoms with Gasteiger partial charge in [0.15, 0.2) is 5.78 Å². The van der Waals surface area contributed by atoms with E-state index in [2.05, 4.69) is 57.2 Å². The first-order valence-corrected chi connectivity index (χ1v) is 18.0. The van der Waals surface area contributed by atoms with Crippen LogP contribution in [0.1, 0.15) is 123 Å². The number of hydrogen-bond acceptors (Lipinski definition) is 5. The van der Waals surface area contributed by atoms with Crippen molar-refractivity contribution < 1.29 is 30.0 Å². The zero-order valence-electron chi connectivity index (χ0n) is 28.9. The largest absolute Gasteiger partial charge is 0.512 e. The van der Waals surface area contributed by atoms with Crippen LogP contribution in [0, 0.1) is 23.3 Å². The second-order valence-electron chi connectivity index (χ2n) is 13.9. The Hall–Kier alpha value is -2.40. The molecule has 251 valence electrons. The SMILES string of the molecule is CC(C)(C)Cc1nc2ccnc(-c3[c-]c4ccccc4c(C4CCCCC4)c3)c2s1.CCC(CC)C(=O)/C=C(\O)C(CC)CC.[Ir]. The van der Waals surface area contributed by atoms with E-state index in [0.717, 1.165) is 48.9 Å². The smallest absolute Gasteiger partial charge is 0.162 e. The molecule has 4 aromatic rings. The third kappa shape index (κ3) is 9.81. The summed E-state index contributed by atoms with van der Waals surface area (Å²) in [5.41, 5.74) is 4.92. The molecule has 0 bridgehead atoms. The van der Waals surface area contributed by atoms with Gasteiger partial charge in [0, 0.05) is 61.0 Å². The summed E-state index contributed by atoms with van der Waals surface area (Å²) in [5, 5.41) is 13.5. The number of hydrogen-bond donors (Lipinski definition) is 1. The van der Waals surface area contributed by atoms with Crippen molar-refractivity contribution >= 4 is 38.1 Å². The number of carbonyl (C=O) groups is 1. The van der Waals surface area contributed by atoms with Crippen LogP contribution in [0.15, 0.2) is 54.4 Å². The Bertz CT molecular complexity index is 1590. The number of aliphatic hydroxyl groups excluding tert-OH is 1. The Labute approximate surface area is 294 Å². The number of allylic oxidation sites excluding steroid dienone is 2. The molecule has 0 spiro atoms. The summed E-state index contributed by atoms with van der Waals surface area (Å²) in [6.07, 6.45) is 14.4. The standard InChI is InChI=1S/C27H29N2S.C13H24O2.Ir/c1-27(2,3)17-24-29-23-13-14-28-25(26(23)30-24)20-15-19-11-7-8-12-21(19)22(16-20)18-9-5-4-6-10-18;1-5-10(6-2)12(14)9-13(15)11(7-3)8-4;/h7-8,11-14,16,18H,4-6,9-10,17H2,1-3H3;9-11,14H,5-8H2,1-4H3;/q-1;;/b;12-9-;. The summed E-state index contributed by atoms with van der Waals surface area (Å²) in [5.74, 6) is 1.19. The number of benzene rings is 2. The maximum absolute atomic E-state index is 11.7. The third-order valence-electron chi connectivity index (χ3n) is 9.22. The van der Waals surface area contributed by atoms with Gasteiger partial charge in [-0.05, 0) is 55.9 Å². The van der Waals surface area contributed by atoms with Gasteiger partial charge in [-0.1, -0.05) is 96.9 Å². The molecule has 0 aliphatic heterocycles. The molecule has 0 amide bonds. The van der Waals surface area contributed by atoms with Gasteiger partial charge >= 0.3 is 0 Å². The molecule has 1 fully saturated rings. The molecule has 4 nitrogen and oxygen atoms in total. The molecule has 1 aliphatic carbocycles. The number of fused-ring (bicyclic) bond motifs is 2. The van der Waals surface area contributed by atoms with Crippen LogP contribution in [-0.2, 0) is 31.3 Å². The first kappa shape index (κ1) is 38.1. The second-order valence-corrected chi connectivity index (χ2v) is 15.0. The van der Waals surface area contributed by atoms with Crippen molar-refractivity contribution in [1.82, 2.24) is 9.97 Å². The van der Waals surface area contributed by atoms with Crippen LogP contribution in [0.25, 0.3) is 32.2 Å². The van der Waals surface area contributed by atoms with Crippen LogP contribution < -0.4 is 0 Å². The molecule has 1 N–H and O–H groups in total. The third-order valence-corrected chi connectivity index (χ3v) is 10.3. The zero-order valence-corrected chi connectivity index (χ0v) is 32.1. The van der Waals surface area contributed by atoms with E-state index in [1.165, 1.54) is 64.2 Å². The number of ketones is 1. The van der Waals surface area contributed by atoms with Crippen molar-refractivity contribution in [3.05, 3.63) is 71.1 Å². The van der Waals surface area contributed by atoms with Gasteiger partial charge in [-0.2, -0.15) is 0 Å². The molecule has 0 unspecified atom stereocenters. The molecule has 0 saturated heterocycles. The van der Waals surface area contributed by atoms with Gasteiger partial charge in [-0.15, -0.1) is 40.5 Å². The Morgan fingerprint density at radius 1 is 1.00 bits per heavy atom. The predicted octanol–water partition coefficient (Wildman–Crippen LogP) is 11.8. The van der Waals surface area contributed by atoms with Gasteiger partial charge < -0.3 is 5.11 Å². The molecule has 5 rings (SSSR count). The maximum atomic E-state index is 11.7. The van der Waals surface area contributed by atoms with Crippen LogP contribution in [0.3, 0.4) is 0 Å². The van der Waals surface area contributed by atoms with Gasteiger partial charge in [0.05, 0.1) is 16.3 Å². The molecule has 0 atom stereocenters. The molecule has 2 heterocycles. The average molecular weight is 818 g/mol. The molecule has 1 aliphatic rings. The fourth-order valence-corrected chi connectivity index (χ4v) is 7.90. The van der Waals surface area contributed by atoms with Crippen molar-refractivity contribution in [1.29, 1.82) is 0 Å². The topological polar surface area (TPSA) is 63.1 Å². The molecular weight excluding hydrogens is 765 g/mol. The zero-order chi connectivity index (χ0) is 32.6. The van der Waals surface area contributed by atoms with E-state index in [1.54, 1.807) is 11.3 Å². The van der Waals surface area contributed by atoms with E-state index < -0.39 is 0 Å². The van der Waals surface area contributed by atoms with E-state index >= 15 is 0 Å². The van der Waals surface area contributed by atoms with E-state index in [-0.39, 0.29) is 48.9 Å². The first-order chi connectivity index (χ1) is 21.6. The normalized spacial score (nSPS) is 14.4. The van der Waals surface area contributed by atoms with Crippen LogP contribution >= 0.6 is 11.3 Å². The predicted molar refractivity (Wildman–Crippen MR) is 192 cm³/mol. The number of rotatable bonds is 10. The number of aromatic nitrogens is 2. The fraction of sp³-hybridized carbons (Fsp3) is 0.525. The second kappa shape index (κ2) is 17.7. The molecule has 1 saturated carbocycles. The summed E-state index contributed by atoms with van der Waals surface area (Å²) in [7, 11) is 0. The number of carbonyl (C=O) groups excluding carboxylic acids is 1. The average Bonchev–Trinajstić information content (AvgIpc) is 3.43. The molecule has 2 aromatic carbocycles. The number of aliphatic hydroxyl groups is 1. The van der Waals surface area contributed by atoms with Gasteiger partial charge in [-0.3, -0.25) is 9.78 Å². The Balaban J connectivity index is 0.000000309. The van der Waals surface area contributed by atoms with E-state index in [0.29, 0.717) is 5.92 Å².